The summed E-state index contributed by atoms with van der Waals surface area (Å²) in [4.78, 5) is 18.9. The number of hydrogen-bond donors (Lipinski definition) is 0. The molecule has 1 unspecified atom stereocenters. The Bertz CT molecular complexity index is 920. The van der Waals surface area contributed by atoms with Gasteiger partial charge in [-0.25, -0.2) is 4.98 Å². The van der Waals surface area contributed by atoms with E-state index in [0.717, 1.165) is 30.2 Å². The summed E-state index contributed by atoms with van der Waals surface area (Å²) < 4.78 is 13.7. The Morgan fingerprint density at radius 1 is 1.25 bits per heavy atom. The normalized spacial score (nSPS) is 22.5. The van der Waals surface area contributed by atoms with Crippen LogP contribution in [-0.4, -0.2) is 40.6 Å². The van der Waals surface area contributed by atoms with E-state index in [-0.39, 0.29) is 22.9 Å². The number of anilines is 1. The van der Waals surface area contributed by atoms with Gasteiger partial charge in [-0.1, -0.05) is 23.2 Å². The van der Waals surface area contributed by atoms with Crippen LogP contribution in [0.15, 0.2) is 27.7 Å². The number of hydrogen-bond acceptors (Lipinski definition) is 6. The van der Waals surface area contributed by atoms with Crippen molar-refractivity contribution < 1.29 is 9.47 Å². The number of nitrogens with zero attached hydrogens (tertiary/aromatic N) is 4. The summed E-state index contributed by atoms with van der Waals surface area (Å²) >= 11 is 15.7. The second kappa shape index (κ2) is 8.57. The molecule has 2 aromatic rings. The van der Waals surface area contributed by atoms with E-state index in [4.69, 9.17) is 32.7 Å². The lowest BCUT2D eigenvalue weighted by atomic mass is 10.2. The highest BCUT2D eigenvalue weighted by atomic mass is 79.9. The highest BCUT2D eigenvalue weighted by molar-refractivity contribution is 9.10. The van der Waals surface area contributed by atoms with Crippen molar-refractivity contribution in [3.05, 3.63) is 43.3 Å². The molecule has 2 saturated heterocycles. The molecule has 0 amide bonds. The highest BCUT2D eigenvalue weighted by Gasteiger charge is 2.28. The Morgan fingerprint density at radius 3 is 2.86 bits per heavy atom. The van der Waals surface area contributed by atoms with Gasteiger partial charge in [-0.05, 0) is 35.2 Å². The van der Waals surface area contributed by atoms with E-state index >= 15 is 0 Å². The van der Waals surface area contributed by atoms with Crippen LogP contribution in [0.4, 0.5) is 5.69 Å². The molecule has 28 heavy (non-hydrogen) atoms. The van der Waals surface area contributed by atoms with Crippen molar-refractivity contribution in [2.45, 2.75) is 38.0 Å². The van der Waals surface area contributed by atoms with E-state index in [1.807, 2.05) is 4.90 Å². The standard InChI is InChI=1S/C18H19BrCl2N4O3/c19-12-7-15(22-8-13(12)20)28-11-4-5-24(10-11)14-9-23-25(18(26)17(14)21)16-3-1-2-6-27-16/h7-9,11,16H,1-6,10H2/t11-,16?/m1/s1. The maximum atomic E-state index is 12.7. The molecule has 0 N–H and O–H groups in total. The molecule has 2 aliphatic rings. The lowest BCUT2D eigenvalue weighted by Gasteiger charge is -2.25. The molecule has 0 radical (unpaired) electrons. The molecule has 2 fully saturated rings. The molecule has 7 nitrogen and oxygen atoms in total. The molecule has 150 valence electrons. The summed E-state index contributed by atoms with van der Waals surface area (Å²) in [5.74, 6) is 0.497. The third kappa shape index (κ3) is 4.15. The van der Waals surface area contributed by atoms with Gasteiger partial charge in [0.25, 0.3) is 5.56 Å². The van der Waals surface area contributed by atoms with E-state index in [1.54, 1.807) is 18.5 Å². The monoisotopic (exact) mass is 488 g/mol. The zero-order valence-corrected chi connectivity index (χ0v) is 18.1. The van der Waals surface area contributed by atoms with Gasteiger partial charge in [0.1, 0.15) is 11.1 Å². The van der Waals surface area contributed by atoms with Crippen LogP contribution in [0.25, 0.3) is 0 Å². The van der Waals surface area contributed by atoms with Gasteiger partial charge in [0, 0.05) is 30.1 Å². The zero-order valence-electron chi connectivity index (χ0n) is 15.0. The Labute approximate surface area is 180 Å². The second-order valence-electron chi connectivity index (χ2n) is 6.83. The molecule has 2 aromatic heterocycles. The number of pyridine rings is 1. The van der Waals surface area contributed by atoms with E-state index in [0.29, 0.717) is 36.3 Å². The van der Waals surface area contributed by atoms with Crippen molar-refractivity contribution in [2.75, 3.05) is 24.6 Å². The molecule has 0 aromatic carbocycles. The summed E-state index contributed by atoms with van der Waals surface area (Å²) in [5.41, 5.74) is 0.300. The van der Waals surface area contributed by atoms with Crippen LogP contribution >= 0.6 is 39.1 Å². The number of ether oxygens (including phenoxy) is 2. The molecule has 0 bridgehead atoms. The minimum atomic E-state index is -0.336. The Hall–Kier alpha value is -1.35. The predicted octanol–water partition coefficient (Wildman–Crippen LogP) is 4.06. The average Bonchev–Trinajstić information content (AvgIpc) is 3.15. The first-order valence-corrected chi connectivity index (χ1v) is 10.7. The summed E-state index contributed by atoms with van der Waals surface area (Å²) in [7, 11) is 0. The van der Waals surface area contributed by atoms with Gasteiger partial charge < -0.3 is 14.4 Å². The van der Waals surface area contributed by atoms with Gasteiger partial charge >= 0.3 is 0 Å². The van der Waals surface area contributed by atoms with Crippen molar-refractivity contribution >= 4 is 44.8 Å². The molecular formula is C18H19BrCl2N4O3. The molecule has 2 aliphatic heterocycles. The third-order valence-electron chi connectivity index (χ3n) is 4.91. The van der Waals surface area contributed by atoms with E-state index in [1.165, 1.54) is 4.68 Å². The summed E-state index contributed by atoms with van der Waals surface area (Å²) in [6.45, 7) is 1.94. The molecule has 10 heteroatoms. The number of halogens is 3. The van der Waals surface area contributed by atoms with Crippen molar-refractivity contribution in [2.24, 2.45) is 0 Å². The van der Waals surface area contributed by atoms with Crippen molar-refractivity contribution in [3.8, 4) is 5.88 Å². The van der Waals surface area contributed by atoms with Crippen LogP contribution in [0.2, 0.25) is 10.0 Å². The second-order valence-corrected chi connectivity index (χ2v) is 8.47. The first-order valence-electron chi connectivity index (χ1n) is 9.14. The summed E-state index contributed by atoms with van der Waals surface area (Å²) in [6.07, 6.45) is 6.35. The first-order chi connectivity index (χ1) is 13.5. The SMILES string of the molecule is O=c1c(Cl)c(N2CC[C@@H](Oc3cc(Br)c(Cl)cn3)C2)cnn1C1CCCCO1. The third-order valence-corrected chi connectivity index (χ3v) is 6.45. The maximum Gasteiger partial charge on any atom is 0.290 e. The van der Waals surface area contributed by atoms with E-state index < -0.39 is 0 Å². The van der Waals surface area contributed by atoms with E-state index in [2.05, 4.69) is 26.0 Å². The topological polar surface area (TPSA) is 69.5 Å². The molecule has 0 saturated carbocycles. The van der Waals surface area contributed by atoms with Crippen LogP contribution in [0.5, 0.6) is 5.88 Å². The Kier molecular flexibility index (Phi) is 6.10. The van der Waals surface area contributed by atoms with Gasteiger partial charge in [-0.2, -0.15) is 9.78 Å². The van der Waals surface area contributed by atoms with Gasteiger partial charge in [-0.15, -0.1) is 0 Å². The minimum Gasteiger partial charge on any atom is -0.472 e. The molecule has 4 heterocycles. The molecule has 0 spiro atoms. The van der Waals surface area contributed by atoms with Gasteiger partial charge in [-0.3, -0.25) is 4.79 Å². The van der Waals surface area contributed by atoms with Crippen molar-refractivity contribution in [1.82, 2.24) is 14.8 Å². The van der Waals surface area contributed by atoms with Gasteiger partial charge in [0.05, 0.1) is 29.6 Å². The lowest BCUT2D eigenvalue weighted by molar-refractivity contribution is -0.0424. The predicted molar refractivity (Wildman–Crippen MR) is 111 cm³/mol. The van der Waals surface area contributed by atoms with Crippen LogP contribution in [0.3, 0.4) is 0 Å². The fourth-order valence-electron chi connectivity index (χ4n) is 3.45. The van der Waals surface area contributed by atoms with E-state index in [9.17, 15) is 4.79 Å². The first kappa shape index (κ1) is 19.9. The lowest BCUT2D eigenvalue weighted by Crippen LogP contribution is -2.33. The number of aromatic nitrogens is 3. The van der Waals surface area contributed by atoms with Gasteiger partial charge in [0.15, 0.2) is 6.23 Å². The fourth-order valence-corrected chi connectivity index (χ4v) is 4.11. The molecule has 2 atom stereocenters. The van der Waals surface area contributed by atoms with Crippen molar-refractivity contribution in [1.29, 1.82) is 0 Å². The van der Waals surface area contributed by atoms with Crippen LogP contribution in [0, 0.1) is 0 Å². The molecular weight excluding hydrogens is 471 g/mol. The number of rotatable bonds is 4. The quantitative estimate of drug-likeness (QED) is 0.644. The molecule has 4 rings (SSSR count). The van der Waals surface area contributed by atoms with Crippen molar-refractivity contribution in [3.63, 3.8) is 0 Å². The Morgan fingerprint density at radius 2 is 2.11 bits per heavy atom. The van der Waals surface area contributed by atoms with Crippen LogP contribution in [-0.2, 0) is 4.74 Å². The summed E-state index contributed by atoms with van der Waals surface area (Å²) in [5, 5.41) is 5.01. The molecule has 0 aliphatic carbocycles. The largest absolute Gasteiger partial charge is 0.472 e. The Balaban J connectivity index is 1.47. The highest BCUT2D eigenvalue weighted by Crippen LogP contribution is 2.30. The van der Waals surface area contributed by atoms with Crippen LogP contribution in [0.1, 0.15) is 31.9 Å². The smallest absolute Gasteiger partial charge is 0.290 e. The fraction of sp³-hybridized carbons (Fsp3) is 0.500. The maximum absolute atomic E-state index is 12.7. The average molecular weight is 490 g/mol. The zero-order chi connectivity index (χ0) is 19.7. The van der Waals surface area contributed by atoms with Gasteiger partial charge in [0.2, 0.25) is 5.88 Å². The summed E-state index contributed by atoms with van der Waals surface area (Å²) in [6, 6.07) is 1.74. The van der Waals surface area contributed by atoms with Crippen LogP contribution < -0.4 is 15.2 Å². The minimum absolute atomic E-state index is 0.0687.